The van der Waals surface area contributed by atoms with Gasteiger partial charge in [0.05, 0.1) is 32.0 Å². The molecule has 0 bridgehead atoms. The third-order valence-corrected chi connectivity index (χ3v) is 10.7. The molecule has 4 aliphatic rings. The van der Waals surface area contributed by atoms with E-state index >= 15 is 0 Å². The minimum atomic E-state index is -5.12. The first-order chi connectivity index (χ1) is 27.1. The summed E-state index contributed by atoms with van der Waals surface area (Å²) in [5.74, 6) is -2.04. The molecule has 0 saturated carbocycles. The lowest BCUT2D eigenvalue weighted by molar-refractivity contribution is -0.530. The molecule has 4 saturated heterocycles. The SMILES string of the molecule is C=CCO[C@@H]1OC(COS(=O)(=O)O)[C@H](OOO)[C@H](O[C@@H]2OC(C)[C@@H](O[C@@H]3OC(COS(=O)(=O)O)[C@H](OOO)[C@H](O[C@@H]4OC(C)[C@@H](O)[C@H](O)C4O)C3C)[C@H](O)C2O)C1C. The predicted molar refractivity (Wildman–Crippen MR) is 177 cm³/mol. The Kier molecular flexibility index (Phi) is 18.0. The van der Waals surface area contributed by atoms with Gasteiger partial charge in [0.15, 0.2) is 37.4 Å². The van der Waals surface area contributed by atoms with Gasteiger partial charge in [-0.3, -0.25) is 9.11 Å². The number of hydrogen-bond acceptors (Lipinski definition) is 25. The summed E-state index contributed by atoms with van der Waals surface area (Å²) < 4.78 is 119. The van der Waals surface area contributed by atoms with Gasteiger partial charge in [-0.1, -0.05) is 30.0 Å². The van der Waals surface area contributed by atoms with Crippen LogP contribution < -0.4 is 0 Å². The molecule has 29 heteroatoms. The molecule has 0 aromatic heterocycles. The highest BCUT2D eigenvalue weighted by atomic mass is 32.3. The number of aliphatic hydroxyl groups excluding tert-OH is 5. The van der Waals surface area contributed by atoms with Crippen molar-refractivity contribution in [2.45, 2.75) is 138 Å². The van der Waals surface area contributed by atoms with E-state index in [1.165, 1.54) is 33.8 Å². The monoisotopic (exact) mass is 894 g/mol. The Balaban J connectivity index is 1.57. The maximum Gasteiger partial charge on any atom is 0.397 e. The van der Waals surface area contributed by atoms with E-state index in [1.54, 1.807) is 0 Å². The molecule has 8 unspecified atom stereocenters. The molecule has 4 rings (SSSR count). The molecular formula is C29H50O27S2. The molecule has 0 spiro atoms. The van der Waals surface area contributed by atoms with E-state index in [1.807, 2.05) is 0 Å². The van der Waals surface area contributed by atoms with E-state index in [0.717, 1.165) is 0 Å². The minimum Gasteiger partial charge on any atom is -0.388 e. The Bertz CT molecular complexity index is 1510. The lowest BCUT2D eigenvalue weighted by Gasteiger charge is -2.50. The zero-order valence-corrected chi connectivity index (χ0v) is 32.8. The molecular weight excluding hydrogens is 844 g/mol. The third-order valence-electron chi connectivity index (χ3n) is 9.80. The molecule has 20 atom stereocenters. The van der Waals surface area contributed by atoms with Gasteiger partial charge in [-0.2, -0.15) is 26.6 Å². The van der Waals surface area contributed by atoms with Crippen LogP contribution in [0.4, 0.5) is 0 Å². The van der Waals surface area contributed by atoms with Gasteiger partial charge < -0.3 is 63.4 Å². The van der Waals surface area contributed by atoms with Crippen LogP contribution in [0.15, 0.2) is 12.7 Å². The maximum atomic E-state index is 11.5. The molecule has 9 N–H and O–H groups in total. The molecule has 340 valence electrons. The molecule has 0 radical (unpaired) electrons. The Hall–Kier alpha value is -1.28. The van der Waals surface area contributed by atoms with Crippen molar-refractivity contribution in [1.29, 1.82) is 0 Å². The summed E-state index contributed by atoms with van der Waals surface area (Å²) in [6.45, 7) is 7.15. The summed E-state index contributed by atoms with van der Waals surface area (Å²) >= 11 is 0. The smallest absolute Gasteiger partial charge is 0.388 e. The van der Waals surface area contributed by atoms with Gasteiger partial charge >= 0.3 is 20.8 Å². The fourth-order valence-corrected chi connectivity index (χ4v) is 7.41. The second kappa shape index (κ2) is 21.2. The van der Waals surface area contributed by atoms with Crippen molar-refractivity contribution in [3.05, 3.63) is 12.7 Å². The molecule has 0 aliphatic carbocycles. The van der Waals surface area contributed by atoms with Crippen LogP contribution in [0.2, 0.25) is 0 Å². The van der Waals surface area contributed by atoms with E-state index in [9.17, 15) is 52.2 Å². The molecule has 0 aromatic rings. The van der Waals surface area contributed by atoms with E-state index in [4.69, 9.17) is 57.5 Å². The number of aliphatic hydroxyl groups is 5. The van der Waals surface area contributed by atoms with Gasteiger partial charge in [0.1, 0.15) is 61.0 Å². The Morgan fingerprint density at radius 3 is 1.45 bits per heavy atom. The normalized spacial score (nSPS) is 44.2. The van der Waals surface area contributed by atoms with Gasteiger partial charge in [0.2, 0.25) is 0 Å². The van der Waals surface area contributed by atoms with Gasteiger partial charge in [0.25, 0.3) is 0 Å². The van der Waals surface area contributed by atoms with Crippen LogP contribution in [-0.4, -0.2) is 192 Å². The lowest BCUT2D eigenvalue weighted by Crippen LogP contribution is -2.65. The zero-order valence-electron chi connectivity index (χ0n) is 31.1. The van der Waals surface area contributed by atoms with Crippen LogP contribution in [0.25, 0.3) is 0 Å². The fourth-order valence-electron chi connectivity index (χ4n) is 6.79. The average molecular weight is 895 g/mol. The maximum absolute atomic E-state index is 11.5. The van der Waals surface area contributed by atoms with Crippen LogP contribution in [-0.2, 0) is 86.9 Å². The highest BCUT2D eigenvalue weighted by Gasteiger charge is 2.55. The standard InChI is InChI=1S/C29H50O27S2/c1-6-7-43-26-10(2)21(24(53-55-35)14(48-26)8-44-57(37,38)39)50-29-20(34)18(32)23(13(5)47-29)52-27-11(3)22(51-28-19(33)17(31)16(30)12(4)46-28)25(54-56-36)15(49-27)9-45-58(40,41)42/h6,10-36H,1,7-9H2,2-5H3,(H,37,38,39)(H,40,41,42)/t10?,11?,12?,13?,14?,15?,16-,17+,18-,19?,20?,21-,22-,23-,24+,25+,26-,27+,28+,29+/m1/s1. The molecule has 27 nitrogen and oxygen atoms in total. The number of rotatable bonds is 19. The van der Waals surface area contributed by atoms with E-state index in [2.05, 4.69) is 25.0 Å². The summed E-state index contributed by atoms with van der Waals surface area (Å²) in [6, 6.07) is 0. The fraction of sp³-hybridized carbons (Fsp3) is 0.931. The summed E-state index contributed by atoms with van der Waals surface area (Å²) in [5.41, 5.74) is 0. The highest BCUT2D eigenvalue weighted by Crippen LogP contribution is 2.38. The lowest BCUT2D eigenvalue weighted by atomic mass is 9.90. The number of hydrogen-bond donors (Lipinski definition) is 9. The second-order valence-corrected chi connectivity index (χ2v) is 16.0. The molecule has 4 fully saturated rings. The van der Waals surface area contributed by atoms with Crippen molar-refractivity contribution in [3.63, 3.8) is 0 Å². The molecule has 4 heterocycles. The molecule has 0 amide bonds. The first-order valence-corrected chi connectivity index (χ1v) is 20.2. The quantitative estimate of drug-likeness (QED) is 0.0264. The minimum absolute atomic E-state index is 0.0817. The van der Waals surface area contributed by atoms with Gasteiger partial charge in [-0.05, 0) is 13.8 Å². The number of ether oxygens (including phenoxy) is 8. The Morgan fingerprint density at radius 1 is 0.552 bits per heavy atom. The highest BCUT2D eigenvalue weighted by molar-refractivity contribution is 7.81. The predicted octanol–water partition coefficient (Wildman–Crippen LogP) is -3.42. The third kappa shape index (κ3) is 12.4. The van der Waals surface area contributed by atoms with Crippen molar-refractivity contribution in [2.75, 3.05) is 19.8 Å². The second-order valence-electron chi connectivity index (χ2n) is 13.8. The average Bonchev–Trinajstić information content (AvgIpc) is 3.14. The van der Waals surface area contributed by atoms with E-state index in [0.29, 0.717) is 0 Å². The first-order valence-electron chi connectivity index (χ1n) is 17.5. The van der Waals surface area contributed by atoms with Gasteiger partial charge in [-0.15, -0.1) is 6.58 Å². The van der Waals surface area contributed by atoms with Crippen LogP contribution >= 0.6 is 0 Å². The summed E-state index contributed by atoms with van der Waals surface area (Å²) in [5, 5.41) is 79.9. The molecule has 0 aromatic carbocycles. The van der Waals surface area contributed by atoms with Crippen LogP contribution in [0.5, 0.6) is 0 Å². The van der Waals surface area contributed by atoms with Crippen molar-refractivity contribution in [1.82, 2.24) is 0 Å². The van der Waals surface area contributed by atoms with Crippen LogP contribution in [0.1, 0.15) is 27.7 Å². The topological polar surface area (TPSA) is 380 Å². The van der Waals surface area contributed by atoms with Crippen molar-refractivity contribution in [3.8, 4) is 0 Å². The molecule has 58 heavy (non-hydrogen) atoms. The summed E-state index contributed by atoms with van der Waals surface area (Å²) in [4.78, 5) is 9.79. The van der Waals surface area contributed by atoms with Crippen LogP contribution in [0.3, 0.4) is 0 Å². The van der Waals surface area contributed by atoms with E-state index in [-0.39, 0.29) is 6.61 Å². The zero-order chi connectivity index (χ0) is 43.3. The summed E-state index contributed by atoms with van der Waals surface area (Å²) in [6.07, 6.45) is -27.1. The van der Waals surface area contributed by atoms with Crippen LogP contribution in [0, 0.1) is 11.8 Å². The Labute approximate surface area is 331 Å². The van der Waals surface area contributed by atoms with E-state index < -0.39 is 156 Å². The Morgan fingerprint density at radius 2 is 0.983 bits per heavy atom. The molecule has 4 aliphatic heterocycles. The van der Waals surface area contributed by atoms with Gasteiger partial charge in [-0.25, -0.2) is 18.9 Å². The van der Waals surface area contributed by atoms with Gasteiger partial charge in [0, 0.05) is 11.8 Å². The van der Waals surface area contributed by atoms with Crippen molar-refractivity contribution < 1.29 is 128 Å². The largest absolute Gasteiger partial charge is 0.397 e. The first kappa shape index (κ1) is 49.4. The van der Waals surface area contributed by atoms with Crippen molar-refractivity contribution in [2.24, 2.45) is 11.8 Å². The summed E-state index contributed by atoms with van der Waals surface area (Å²) in [7, 11) is -10.1. The van der Waals surface area contributed by atoms with Crippen molar-refractivity contribution >= 4 is 20.8 Å².